The van der Waals surface area contributed by atoms with Crippen LogP contribution in [0.1, 0.15) is 26.7 Å². The summed E-state index contributed by atoms with van der Waals surface area (Å²) >= 11 is 0. The van der Waals surface area contributed by atoms with Gasteiger partial charge in [0.25, 0.3) is 0 Å². The summed E-state index contributed by atoms with van der Waals surface area (Å²) in [6.07, 6.45) is 1.16. The predicted molar refractivity (Wildman–Crippen MR) is 61.9 cm³/mol. The molecule has 0 saturated carbocycles. The Bertz CT molecular complexity index is 364. The van der Waals surface area contributed by atoms with Gasteiger partial charge in [0.2, 0.25) is 10.0 Å². The van der Waals surface area contributed by atoms with Crippen LogP contribution in [-0.4, -0.2) is 37.1 Å². The molecule has 1 fully saturated rings. The zero-order valence-electron chi connectivity index (χ0n) is 9.76. The summed E-state index contributed by atoms with van der Waals surface area (Å²) in [5.74, 6) is 0.259. The van der Waals surface area contributed by atoms with Gasteiger partial charge in [-0.1, -0.05) is 13.8 Å². The molecule has 0 aromatic carbocycles. The lowest BCUT2D eigenvalue weighted by Crippen LogP contribution is -2.51. The van der Waals surface area contributed by atoms with E-state index in [0.29, 0.717) is 19.5 Å². The number of hydrogen-bond donors (Lipinski definition) is 1. The van der Waals surface area contributed by atoms with E-state index in [1.54, 1.807) is 6.92 Å². The van der Waals surface area contributed by atoms with E-state index in [1.165, 1.54) is 4.31 Å². The van der Waals surface area contributed by atoms with Gasteiger partial charge in [-0.05, 0) is 18.8 Å². The fourth-order valence-corrected chi connectivity index (χ4v) is 3.88. The molecule has 1 aliphatic heterocycles. The van der Waals surface area contributed by atoms with Crippen LogP contribution >= 0.6 is 0 Å². The average Bonchev–Trinajstić information content (AvgIpc) is 2.17. The molecule has 2 N–H and O–H groups in total. The molecule has 3 unspecified atom stereocenters. The molecule has 6 heteroatoms. The minimum atomic E-state index is -3.50. The lowest BCUT2D eigenvalue weighted by Gasteiger charge is -2.34. The molecule has 0 aromatic rings. The molecular weight excluding hydrogens is 226 g/mol. The van der Waals surface area contributed by atoms with Crippen LogP contribution in [0.2, 0.25) is 0 Å². The van der Waals surface area contributed by atoms with Crippen molar-refractivity contribution in [3.63, 3.8) is 0 Å². The predicted octanol–water partition coefficient (Wildman–Crippen LogP) is 0.287. The molecule has 0 amide bonds. The smallest absolute Gasteiger partial charge is 0.230 e. The van der Waals surface area contributed by atoms with Gasteiger partial charge in [-0.2, -0.15) is 9.57 Å². The second kappa shape index (κ2) is 5.13. The Kier molecular flexibility index (Phi) is 4.30. The summed E-state index contributed by atoms with van der Waals surface area (Å²) in [6.45, 7) is 4.51. The van der Waals surface area contributed by atoms with Crippen molar-refractivity contribution in [3.05, 3.63) is 0 Å². The SMILES string of the molecule is CCC(C#N)S(=O)(=O)N1CC(C)CC(N)C1. The first-order valence-corrected chi connectivity index (χ1v) is 7.06. The van der Waals surface area contributed by atoms with E-state index in [4.69, 9.17) is 11.0 Å². The summed E-state index contributed by atoms with van der Waals surface area (Å²) in [4.78, 5) is 0. The molecular formula is C10H19N3O2S. The van der Waals surface area contributed by atoms with Gasteiger partial charge in [0, 0.05) is 19.1 Å². The molecule has 0 spiro atoms. The third-order valence-corrected chi connectivity index (χ3v) is 5.07. The van der Waals surface area contributed by atoms with Crippen LogP contribution in [0.15, 0.2) is 0 Å². The third kappa shape index (κ3) is 2.73. The molecule has 5 nitrogen and oxygen atoms in total. The largest absolute Gasteiger partial charge is 0.326 e. The van der Waals surface area contributed by atoms with Gasteiger partial charge in [-0.3, -0.25) is 0 Å². The molecule has 3 atom stereocenters. The number of nitrogens with zero attached hydrogens (tertiary/aromatic N) is 2. The maximum Gasteiger partial charge on any atom is 0.230 e. The van der Waals surface area contributed by atoms with Crippen molar-refractivity contribution in [1.82, 2.24) is 4.31 Å². The van der Waals surface area contributed by atoms with Gasteiger partial charge in [-0.15, -0.1) is 0 Å². The van der Waals surface area contributed by atoms with Crippen molar-refractivity contribution < 1.29 is 8.42 Å². The second-order valence-corrected chi connectivity index (χ2v) is 6.60. The summed E-state index contributed by atoms with van der Waals surface area (Å²) in [7, 11) is -3.50. The van der Waals surface area contributed by atoms with Gasteiger partial charge in [0.05, 0.1) is 6.07 Å². The van der Waals surface area contributed by atoms with Crippen LogP contribution < -0.4 is 5.73 Å². The standard InChI is InChI=1S/C10H19N3O2S/c1-3-10(5-11)16(14,15)13-6-8(2)4-9(12)7-13/h8-10H,3-4,6-7,12H2,1-2H3. The van der Waals surface area contributed by atoms with Gasteiger partial charge in [-0.25, -0.2) is 8.42 Å². The minimum absolute atomic E-state index is 0.116. The van der Waals surface area contributed by atoms with Gasteiger partial charge < -0.3 is 5.73 Å². The zero-order valence-corrected chi connectivity index (χ0v) is 10.6. The van der Waals surface area contributed by atoms with Crippen molar-refractivity contribution in [2.45, 2.75) is 38.0 Å². The molecule has 1 rings (SSSR count). The van der Waals surface area contributed by atoms with E-state index >= 15 is 0 Å². The second-order valence-electron chi connectivity index (χ2n) is 4.49. The maximum atomic E-state index is 12.1. The fourth-order valence-electron chi connectivity index (χ4n) is 2.11. The lowest BCUT2D eigenvalue weighted by atomic mass is 9.99. The highest BCUT2D eigenvalue weighted by molar-refractivity contribution is 7.90. The summed E-state index contributed by atoms with van der Waals surface area (Å²) in [6, 6.07) is 1.73. The normalized spacial score (nSPS) is 29.6. The van der Waals surface area contributed by atoms with Crippen molar-refractivity contribution >= 4 is 10.0 Å². The number of nitrogens with two attached hydrogens (primary N) is 1. The first-order valence-electron chi connectivity index (χ1n) is 5.56. The minimum Gasteiger partial charge on any atom is -0.326 e. The molecule has 16 heavy (non-hydrogen) atoms. The summed E-state index contributed by atoms with van der Waals surface area (Å²) < 4.78 is 25.6. The Morgan fingerprint density at radius 2 is 2.19 bits per heavy atom. The number of rotatable bonds is 3. The van der Waals surface area contributed by atoms with Gasteiger partial charge in [0.1, 0.15) is 0 Å². The molecule has 1 saturated heterocycles. The number of hydrogen-bond acceptors (Lipinski definition) is 4. The monoisotopic (exact) mass is 245 g/mol. The van der Waals surface area contributed by atoms with Crippen molar-refractivity contribution in [2.75, 3.05) is 13.1 Å². The molecule has 1 aliphatic rings. The Morgan fingerprint density at radius 3 is 2.62 bits per heavy atom. The van der Waals surface area contributed by atoms with Crippen molar-refractivity contribution in [1.29, 1.82) is 5.26 Å². The van der Waals surface area contributed by atoms with Crippen LogP contribution in [0.3, 0.4) is 0 Å². The van der Waals surface area contributed by atoms with Crippen LogP contribution in [0.25, 0.3) is 0 Å². The molecule has 1 heterocycles. The summed E-state index contributed by atoms with van der Waals surface area (Å²) in [5.41, 5.74) is 5.81. The quantitative estimate of drug-likeness (QED) is 0.774. The highest BCUT2D eigenvalue weighted by Crippen LogP contribution is 2.21. The van der Waals surface area contributed by atoms with Crippen molar-refractivity contribution in [2.24, 2.45) is 11.7 Å². The summed E-state index contributed by atoms with van der Waals surface area (Å²) in [5, 5.41) is 7.90. The highest BCUT2D eigenvalue weighted by Gasteiger charge is 2.35. The van der Waals surface area contributed by atoms with Crippen molar-refractivity contribution in [3.8, 4) is 6.07 Å². The number of nitriles is 1. The van der Waals surface area contributed by atoms with E-state index in [1.807, 2.05) is 13.0 Å². The highest BCUT2D eigenvalue weighted by atomic mass is 32.2. The van der Waals surface area contributed by atoms with Gasteiger partial charge in [0.15, 0.2) is 5.25 Å². The van der Waals surface area contributed by atoms with Crippen LogP contribution in [0.5, 0.6) is 0 Å². The zero-order chi connectivity index (χ0) is 12.3. The Labute approximate surface area is 97.3 Å². The van der Waals surface area contributed by atoms with Crippen LogP contribution in [0.4, 0.5) is 0 Å². The Morgan fingerprint density at radius 1 is 1.56 bits per heavy atom. The number of piperidine rings is 1. The topological polar surface area (TPSA) is 87.2 Å². The average molecular weight is 245 g/mol. The molecule has 0 bridgehead atoms. The Hall–Kier alpha value is -0.640. The molecule has 0 radical (unpaired) electrons. The van der Waals surface area contributed by atoms with Crippen LogP contribution in [0, 0.1) is 17.2 Å². The third-order valence-electron chi connectivity index (χ3n) is 2.89. The first kappa shape index (κ1) is 13.4. The maximum absolute atomic E-state index is 12.1. The Balaban J connectivity index is 2.87. The lowest BCUT2D eigenvalue weighted by molar-refractivity contribution is 0.253. The van der Waals surface area contributed by atoms with E-state index in [-0.39, 0.29) is 12.0 Å². The van der Waals surface area contributed by atoms with E-state index in [9.17, 15) is 8.42 Å². The first-order chi connectivity index (χ1) is 7.41. The van der Waals surface area contributed by atoms with E-state index in [2.05, 4.69) is 0 Å². The molecule has 92 valence electrons. The van der Waals surface area contributed by atoms with E-state index in [0.717, 1.165) is 6.42 Å². The number of sulfonamides is 1. The van der Waals surface area contributed by atoms with E-state index < -0.39 is 15.3 Å². The fraction of sp³-hybridized carbons (Fsp3) is 0.900. The van der Waals surface area contributed by atoms with Crippen LogP contribution in [-0.2, 0) is 10.0 Å². The molecule has 0 aromatic heterocycles. The molecule has 0 aliphatic carbocycles. The van der Waals surface area contributed by atoms with Gasteiger partial charge >= 0.3 is 0 Å².